The Hall–Kier alpha value is -1.35. The smallest absolute Gasteiger partial charge is 0.227 e. The number of hydrogen-bond acceptors (Lipinski definition) is 2. The van der Waals surface area contributed by atoms with Crippen LogP contribution >= 0.6 is 0 Å². The van der Waals surface area contributed by atoms with Crippen molar-refractivity contribution in [2.75, 3.05) is 6.54 Å². The molecule has 0 spiro atoms. The minimum Gasteiger partial charge on any atom is -0.349 e. The molecule has 0 saturated carbocycles. The Morgan fingerprint density at radius 3 is 2.59 bits per heavy atom. The Bertz CT molecular complexity index is 388. The molecule has 2 atom stereocenters. The van der Waals surface area contributed by atoms with Gasteiger partial charge in [0.05, 0.1) is 6.54 Å². The fourth-order valence-corrected chi connectivity index (χ4v) is 2.13. The van der Waals surface area contributed by atoms with Gasteiger partial charge in [0.15, 0.2) is 0 Å². The number of ether oxygens (including phenoxy) is 1. The van der Waals surface area contributed by atoms with E-state index in [0.29, 0.717) is 6.54 Å². The van der Waals surface area contributed by atoms with Crippen molar-refractivity contribution in [3.8, 4) is 0 Å². The van der Waals surface area contributed by atoms with Gasteiger partial charge in [0.1, 0.15) is 12.3 Å². The molecule has 1 heterocycles. The molecule has 0 radical (unpaired) electrons. The standard InChI is InChI=1S/C14H19NO2/c1-10(2)14(16)15-9-13(17-11(15)3)12-7-5-4-6-8-12/h4-8,10-11,13H,9H2,1-3H3. The van der Waals surface area contributed by atoms with Crippen molar-refractivity contribution in [1.82, 2.24) is 4.90 Å². The summed E-state index contributed by atoms with van der Waals surface area (Å²) < 4.78 is 5.84. The van der Waals surface area contributed by atoms with Crippen molar-refractivity contribution in [2.24, 2.45) is 5.92 Å². The van der Waals surface area contributed by atoms with Gasteiger partial charge in [-0.05, 0) is 12.5 Å². The van der Waals surface area contributed by atoms with E-state index in [-0.39, 0.29) is 24.2 Å². The van der Waals surface area contributed by atoms with Crippen molar-refractivity contribution in [2.45, 2.75) is 33.1 Å². The Morgan fingerprint density at radius 1 is 1.35 bits per heavy atom. The van der Waals surface area contributed by atoms with Crippen LogP contribution in [0.1, 0.15) is 32.4 Å². The highest BCUT2D eigenvalue weighted by Gasteiger charge is 2.34. The second kappa shape index (κ2) is 4.88. The average molecular weight is 233 g/mol. The van der Waals surface area contributed by atoms with Crippen molar-refractivity contribution in [3.05, 3.63) is 35.9 Å². The molecule has 1 aromatic carbocycles. The summed E-state index contributed by atoms with van der Waals surface area (Å²) in [7, 11) is 0. The van der Waals surface area contributed by atoms with Gasteiger partial charge < -0.3 is 9.64 Å². The molecule has 0 N–H and O–H groups in total. The monoisotopic (exact) mass is 233 g/mol. The van der Waals surface area contributed by atoms with Gasteiger partial charge in [-0.3, -0.25) is 4.79 Å². The summed E-state index contributed by atoms with van der Waals surface area (Å²) in [6.45, 7) is 6.43. The number of nitrogens with zero attached hydrogens (tertiary/aromatic N) is 1. The highest BCUT2D eigenvalue weighted by atomic mass is 16.5. The third kappa shape index (κ3) is 2.50. The number of rotatable bonds is 2. The number of amides is 1. The average Bonchev–Trinajstić information content (AvgIpc) is 2.71. The quantitative estimate of drug-likeness (QED) is 0.785. The van der Waals surface area contributed by atoms with Crippen LogP contribution in [0.3, 0.4) is 0 Å². The first-order valence-electron chi connectivity index (χ1n) is 6.10. The summed E-state index contributed by atoms with van der Waals surface area (Å²) >= 11 is 0. The first-order chi connectivity index (χ1) is 8.09. The van der Waals surface area contributed by atoms with Crippen LogP contribution in [0, 0.1) is 5.92 Å². The largest absolute Gasteiger partial charge is 0.349 e. The van der Waals surface area contributed by atoms with Crippen LogP contribution in [0.25, 0.3) is 0 Å². The van der Waals surface area contributed by atoms with Crippen LogP contribution < -0.4 is 0 Å². The third-order valence-corrected chi connectivity index (χ3v) is 3.11. The van der Waals surface area contributed by atoms with Crippen LogP contribution in [0.15, 0.2) is 30.3 Å². The minimum absolute atomic E-state index is 0.00824. The fourth-order valence-electron chi connectivity index (χ4n) is 2.13. The second-order valence-corrected chi connectivity index (χ2v) is 4.78. The molecular weight excluding hydrogens is 214 g/mol. The first-order valence-corrected chi connectivity index (χ1v) is 6.10. The number of carbonyl (C=O) groups excluding carboxylic acids is 1. The molecule has 0 bridgehead atoms. The molecule has 0 aliphatic carbocycles. The molecule has 1 aliphatic heterocycles. The maximum Gasteiger partial charge on any atom is 0.227 e. The van der Waals surface area contributed by atoms with Gasteiger partial charge in [-0.1, -0.05) is 44.2 Å². The van der Waals surface area contributed by atoms with Gasteiger partial charge in [-0.25, -0.2) is 0 Å². The van der Waals surface area contributed by atoms with Crippen molar-refractivity contribution >= 4 is 5.91 Å². The summed E-state index contributed by atoms with van der Waals surface area (Å²) in [5.74, 6) is 0.187. The third-order valence-electron chi connectivity index (χ3n) is 3.11. The summed E-state index contributed by atoms with van der Waals surface area (Å²) in [6, 6.07) is 10.1. The van der Waals surface area contributed by atoms with E-state index in [9.17, 15) is 4.79 Å². The molecule has 2 rings (SSSR count). The molecule has 1 fully saturated rings. The zero-order valence-electron chi connectivity index (χ0n) is 10.6. The summed E-state index contributed by atoms with van der Waals surface area (Å²) in [4.78, 5) is 13.8. The number of carbonyl (C=O) groups is 1. The van der Waals surface area contributed by atoms with Gasteiger partial charge in [0, 0.05) is 5.92 Å². The lowest BCUT2D eigenvalue weighted by atomic mass is 10.1. The molecule has 3 nitrogen and oxygen atoms in total. The lowest BCUT2D eigenvalue weighted by Gasteiger charge is -2.21. The van der Waals surface area contributed by atoms with Crippen molar-refractivity contribution in [3.63, 3.8) is 0 Å². The zero-order valence-corrected chi connectivity index (χ0v) is 10.6. The molecule has 17 heavy (non-hydrogen) atoms. The molecule has 1 aliphatic rings. The predicted octanol–water partition coefficient (Wildman–Crippen LogP) is 2.59. The molecule has 92 valence electrons. The van der Waals surface area contributed by atoms with E-state index in [1.54, 1.807) is 0 Å². The van der Waals surface area contributed by atoms with Crippen LogP contribution in [-0.2, 0) is 9.53 Å². The second-order valence-electron chi connectivity index (χ2n) is 4.78. The summed E-state index contributed by atoms with van der Waals surface area (Å²) in [5.41, 5.74) is 1.14. The Balaban J connectivity index is 2.10. The van der Waals surface area contributed by atoms with Crippen LogP contribution in [-0.4, -0.2) is 23.6 Å². The molecule has 1 aromatic rings. The minimum atomic E-state index is -0.130. The molecule has 1 amide bonds. The Kier molecular flexibility index (Phi) is 3.48. The molecule has 3 heteroatoms. The van der Waals surface area contributed by atoms with Gasteiger partial charge in [0.25, 0.3) is 0 Å². The van der Waals surface area contributed by atoms with E-state index >= 15 is 0 Å². The lowest BCUT2D eigenvalue weighted by molar-refractivity contribution is -0.138. The fraction of sp³-hybridized carbons (Fsp3) is 0.500. The Labute approximate surface area is 102 Å². The van der Waals surface area contributed by atoms with Gasteiger partial charge in [-0.15, -0.1) is 0 Å². The highest BCUT2D eigenvalue weighted by Crippen LogP contribution is 2.29. The topological polar surface area (TPSA) is 29.5 Å². The van der Waals surface area contributed by atoms with Crippen LogP contribution in [0.4, 0.5) is 0 Å². The first kappa shape index (κ1) is 12.1. The van der Waals surface area contributed by atoms with Gasteiger partial charge in [-0.2, -0.15) is 0 Å². The Morgan fingerprint density at radius 2 is 2.00 bits per heavy atom. The van der Waals surface area contributed by atoms with Crippen molar-refractivity contribution < 1.29 is 9.53 Å². The van der Waals surface area contributed by atoms with Gasteiger partial charge >= 0.3 is 0 Å². The molecule has 0 aromatic heterocycles. The molecule has 2 unspecified atom stereocenters. The van der Waals surface area contributed by atoms with E-state index < -0.39 is 0 Å². The van der Waals surface area contributed by atoms with E-state index in [0.717, 1.165) is 5.56 Å². The van der Waals surface area contributed by atoms with E-state index in [4.69, 9.17) is 4.74 Å². The summed E-state index contributed by atoms with van der Waals surface area (Å²) in [6.07, 6.45) is -0.121. The predicted molar refractivity (Wildman–Crippen MR) is 66.3 cm³/mol. The van der Waals surface area contributed by atoms with E-state index in [2.05, 4.69) is 0 Å². The zero-order chi connectivity index (χ0) is 12.4. The lowest BCUT2D eigenvalue weighted by Crippen LogP contribution is -2.37. The van der Waals surface area contributed by atoms with Crippen LogP contribution in [0.2, 0.25) is 0 Å². The van der Waals surface area contributed by atoms with Gasteiger partial charge in [0.2, 0.25) is 5.91 Å². The SMILES string of the molecule is CC(C)C(=O)N1CC(c2ccccc2)OC1C. The maximum atomic E-state index is 12.0. The normalized spacial score (nSPS) is 24.4. The summed E-state index contributed by atoms with van der Waals surface area (Å²) in [5, 5.41) is 0. The highest BCUT2D eigenvalue weighted by molar-refractivity contribution is 5.78. The maximum absolute atomic E-state index is 12.0. The molecular formula is C14H19NO2. The number of hydrogen-bond donors (Lipinski definition) is 0. The van der Waals surface area contributed by atoms with E-state index in [1.807, 2.05) is 56.0 Å². The molecule has 1 saturated heterocycles. The van der Waals surface area contributed by atoms with Crippen LogP contribution in [0.5, 0.6) is 0 Å². The van der Waals surface area contributed by atoms with E-state index in [1.165, 1.54) is 0 Å². The number of benzene rings is 1. The van der Waals surface area contributed by atoms with Crippen molar-refractivity contribution in [1.29, 1.82) is 0 Å².